The van der Waals surface area contributed by atoms with Crippen LogP contribution >= 0.6 is 0 Å². The summed E-state index contributed by atoms with van der Waals surface area (Å²) < 4.78 is 10.5. The highest BCUT2D eigenvalue weighted by Gasteiger charge is 2.37. The largest absolute Gasteiger partial charge is 0.438 e. The van der Waals surface area contributed by atoms with Gasteiger partial charge in [-0.25, -0.2) is 14.8 Å². The number of pyridine rings is 2. The average Bonchev–Trinajstić information content (AvgIpc) is 2.62. The van der Waals surface area contributed by atoms with Crippen LogP contribution in [0.4, 0.5) is 22.1 Å². The van der Waals surface area contributed by atoms with Crippen molar-refractivity contribution in [3.63, 3.8) is 0 Å². The monoisotopic (exact) mass is 379 g/mol. The maximum Gasteiger partial charge on any atom is 0.413 e. The van der Waals surface area contributed by atoms with E-state index >= 15 is 0 Å². The third-order valence-electron chi connectivity index (χ3n) is 4.78. The Hall–Kier alpha value is -3.39. The van der Waals surface area contributed by atoms with Gasteiger partial charge in [-0.2, -0.15) is 0 Å². The molecule has 5 N–H and O–H groups in total. The van der Waals surface area contributed by atoms with Crippen molar-refractivity contribution in [3.05, 3.63) is 42.1 Å². The van der Waals surface area contributed by atoms with Crippen LogP contribution in [0.25, 0.3) is 22.0 Å². The lowest BCUT2D eigenvalue weighted by Crippen LogP contribution is -2.51. The first-order valence-corrected chi connectivity index (χ1v) is 8.84. The van der Waals surface area contributed by atoms with Gasteiger partial charge in [-0.15, -0.1) is 0 Å². The Labute approximate surface area is 161 Å². The Morgan fingerprint density at radius 1 is 1.29 bits per heavy atom. The number of hydrogen-bond acceptors (Lipinski definition) is 7. The fourth-order valence-electron chi connectivity index (χ4n) is 3.11. The van der Waals surface area contributed by atoms with Gasteiger partial charge >= 0.3 is 6.09 Å². The van der Waals surface area contributed by atoms with Gasteiger partial charge in [-0.1, -0.05) is 12.1 Å². The number of benzene rings is 1. The average molecular weight is 379 g/mol. The van der Waals surface area contributed by atoms with E-state index in [9.17, 15) is 4.79 Å². The van der Waals surface area contributed by atoms with E-state index in [1.807, 2.05) is 38.1 Å². The topological polar surface area (TPSA) is 125 Å². The SMILES string of the molecule is Cc1c(N)cccc1-c1cc2cc(NC(=O)OC3(C)COC3)ncc2c(N)n1. The molecule has 0 atom stereocenters. The molecule has 1 saturated heterocycles. The highest BCUT2D eigenvalue weighted by molar-refractivity contribution is 5.96. The summed E-state index contributed by atoms with van der Waals surface area (Å²) in [6, 6.07) is 9.29. The molecule has 0 bridgehead atoms. The molecule has 4 rings (SSSR count). The molecule has 0 saturated carbocycles. The highest BCUT2D eigenvalue weighted by atomic mass is 16.6. The minimum Gasteiger partial charge on any atom is -0.438 e. The van der Waals surface area contributed by atoms with E-state index in [2.05, 4.69) is 15.3 Å². The molecule has 1 fully saturated rings. The van der Waals surface area contributed by atoms with E-state index in [-0.39, 0.29) is 0 Å². The number of nitrogens with one attached hydrogen (secondary N) is 1. The van der Waals surface area contributed by atoms with Crippen molar-refractivity contribution in [2.75, 3.05) is 30.0 Å². The van der Waals surface area contributed by atoms with E-state index < -0.39 is 11.7 Å². The maximum absolute atomic E-state index is 12.1. The summed E-state index contributed by atoms with van der Waals surface area (Å²) in [5.74, 6) is 0.720. The quantitative estimate of drug-likeness (QED) is 0.597. The number of ether oxygens (including phenoxy) is 2. The lowest BCUT2D eigenvalue weighted by atomic mass is 10.0. The molecule has 0 spiro atoms. The Morgan fingerprint density at radius 3 is 2.79 bits per heavy atom. The number of carbonyl (C=O) groups excluding carboxylic acids is 1. The number of rotatable bonds is 3. The third-order valence-corrected chi connectivity index (χ3v) is 4.78. The minimum absolute atomic E-state index is 0.357. The Balaban J connectivity index is 1.66. The molecule has 1 aliphatic rings. The second-order valence-corrected chi connectivity index (χ2v) is 7.16. The first-order valence-electron chi connectivity index (χ1n) is 8.84. The van der Waals surface area contributed by atoms with E-state index in [4.69, 9.17) is 20.9 Å². The normalized spacial score (nSPS) is 15.1. The summed E-state index contributed by atoms with van der Waals surface area (Å²) in [6.45, 7) is 4.52. The summed E-state index contributed by atoms with van der Waals surface area (Å²) in [6.07, 6.45) is 1.00. The minimum atomic E-state index is -0.590. The summed E-state index contributed by atoms with van der Waals surface area (Å²) in [5.41, 5.74) is 14.8. The summed E-state index contributed by atoms with van der Waals surface area (Å²) in [5, 5.41) is 4.15. The predicted molar refractivity (Wildman–Crippen MR) is 108 cm³/mol. The lowest BCUT2D eigenvalue weighted by molar-refractivity contribution is -0.164. The Morgan fingerprint density at radius 2 is 2.07 bits per heavy atom. The van der Waals surface area contributed by atoms with Crippen LogP contribution in [0.2, 0.25) is 0 Å². The molecule has 3 aromatic rings. The fraction of sp³-hybridized carbons (Fsp3) is 0.250. The van der Waals surface area contributed by atoms with Gasteiger partial charge in [0.1, 0.15) is 11.6 Å². The van der Waals surface area contributed by atoms with Gasteiger partial charge in [0.2, 0.25) is 0 Å². The number of amides is 1. The van der Waals surface area contributed by atoms with Crippen LogP contribution in [0.3, 0.4) is 0 Å². The number of aromatic nitrogens is 2. The smallest absolute Gasteiger partial charge is 0.413 e. The van der Waals surface area contributed by atoms with Crippen LogP contribution in [-0.2, 0) is 9.47 Å². The highest BCUT2D eigenvalue weighted by Crippen LogP contribution is 2.31. The fourth-order valence-corrected chi connectivity index (χ4v) is 3.11. The number of carbonyl (C=O) groups is 1. The molecule has 1 aromatic carbocycles. The molecular formula is C20H21N5O3. The number of nitrogen functional groups attached to an aromatic ring is 2. The molecule has 8 nitrogen and oxygen atoms in total. The standard InChI is InChI=1S/C20H21N5O3/c1-11-13(4-3-5-15(11)21)16-6-12-7-17(23-8-14(12)18(22)24-16)25-19(26)28-20(2)9-27-10-20/h3-8H,9-10,21H2,1-2H3,(H2,22,24)(H,23,25,26). The zero-order chi connectivity index (χ0) is 19.9. The molecule has 3 heterocycles. The molecular weight excluding hydrogens is 358 g/mol. The molecule has 0 aliphatic carbocycles. The van der Waals surface area contributed by atoms with Crippen molar-refractivity contribution in [2.24, 2.45) is 0 Å². The van der Waals surface area contributed by atoms with Gasteiger partial charge in [0.25, 0.3) is 0 Å². The molecule has 28 heavy (non-hydrogen) atoms. The number of hydrogen-bond donors (Lipinski definition) is 3. The van der Waals surface area contributed by atoms with Crippen LogP contribution in [0.1, 0.15) is 12.5 Å². The van der Waals surface area contributed by atoms with Crippen molar-refractivity contribution in [1.82, 2.24) is 9.97 Å². The van der Waals surface area contributed by atoms with Crippen molar-refractivity contribution < 1.29 is 14.3 Å². The Kier molecular flexibility index (Phi) is 4.27. The van der Waals surface area contributed by atoms with Crippen LogP contribution in [0, 0.1) is 6.92 Å². The number of anilines is 3. The maximum atomic E-state index is 12.1. The van der Waals surface area contributed by atoms with Crippen molar-refractivity contribution >= 4 is 34.2 Å². The van der Waals surface area contributed by atoms with Crippen molar-refractivity contribution in [3.8, 4) is 11.3 Å². The van der Waals surface area contributed by atoms with Crippen molar-refractivity contribution in [1.29, 1.82) is 0 Å². The van der Waals surface area contributed by atoms with E-state index in [0.717, 1.165) is 16.5 Å². The second-order valence-electron chi connectivity index (χ2n) is 7.16. The molecule has 0 unspecified atom stereocenters. The third kappa shape index (κ3) is 3.29. The van der Waals surface area contributed by atoms with Gasteiger partial charge in [-0.05, 0) is 43.0 Å². The molecule has 1 amide bonds. The molecule has 8 heteroatoms. The Bertz CT molecular complexity index is 1080. The summed E-state index contributed by atoms with van der Waals surface area (Å²) >= 11 is 0. The molecule has 144 valence electrons. The molecule has 1 aliphatic heterocycles. The second kappa shape index (κ2) is 6.65. The van der Waals surface area contributed by atoms with Crippen LogP contribution in [0.15, 0.2) is 36.5 Å². The zero-order valence-electron chi connectivity index (χ0n) is 15.7. The first kappa shape index (κ1) is 18.0. The van der Waals surface area contributed by atoms with Gasteiger partial charge in [0.05, 0.1) is 18.9 Å². The van der Waals surface area contributed by atoms with Gasteiger partial charge < -0.3 is 20.9 Å². The molecule has 0 radical (unpaired) electrons. The van der Waals surface area contributed by atoms with E-state index in [1.165, 1.54) is 0 Å². The number of fused-ring (bicyclic) bond motifs is 1. The molecule has 2 aromatic heterocycles. The summed E-state index contributed by atoms with van der Waals surface area (Å²) in [7, 11) is 0. The first-order chi connectivity index (χ1) is 13.3. The lowest BCUT2D eigenvalue weighted by Gasteiger charge is -2.36. The summed E-state index contributed by atoms with van der Waals surface area (Å²) in [4.78, 5) is 20.8. The van der Waals surface area contributed by atoms with Gasteiger partial charge in [0.15, 0.2) is 5.60 Å². The van der Waals surface area contributed by atoms with Gasteiger partial charge in [-0.3, -0.25) is 5.32 Å². The van der Waals surface area contributed by atoms with Crippen LogP contribution in [-0.4, -0.2) is 34.9 Å². The number of nitrogens with two attached hydrogens (primary N) is 2. The predicted octanol–water partition coefficient (Wildman–Crippen LogP) is 3.11. The number of nitrogens with zero attached hydrogens (tertiary/aromatic N) is 2. The van der Waals surface area contributed by atoms with Gasteiger partial charge in [0, 0.05) is 22.8 Å². The van der Waals surface area contributed by atoms with Crippen molar-refractivity contribution in [2.45, 2.75) is 19.4 Å². The van der Waals surface area contributed by atoms with Crippen LogP contribution < -0.4 is 16.8 Å². The van der Waals surface area contributed by atoms with Crippen LogP contribution in [0.5, 0.6) is 0 Å². The zero-order valence-corrected chi connectivity index (χ0v) is 15.7. The van der Waals surface area contributed by atoms with E-state index in [1.54, 1.807) is 12.3 Å². The van der Waals surface area contributed by atoms with E-state index in [0.29, 0.717) is 41.6 Å².